The maximum absolute atomic E-state index is 13.4. The number of benzene rings is 2. The number of amides is 2. The first kappa shape index (κ1) is 45.3. The van der Waals surface area contributed by atoms with Gasteiger partial charge in [0.25, 0.3) is 11.8 Å². The molecular weight excluding hydrogens is 796 g/mol. The average Bonchev–Trinajstić information content (AvgIpc) is 3.05. The molecule has 4 atom stereocenters. The zero-order chi connectivity index (χ0) is 39.1. The van der Waals surface area contributed by atoms with E-state index in [-0.39, 0.29) is 22.6 Å². The van der Waals surface area contributed by atoms with Gasteiger partial charge in [-0.25, -0.2) is 0 Å². The van der Waals surface area contributed by atoms with Crippen LogP contribution in [0.4, 0.5) is 4.79 Å². The van der Waals surface area contributed by atoms with Crippen molar-refractivity contribution in [3.8, 4) is 11.5 Å². The zero-order valence-electron chi connectivity index (χ0n) is 32.5. The summed E-state index contributed by atoms with van der Waals surface area (Å²) in [6.07, 6.45) is 3.34. The van der Waals surface area contributed by atoms with E-state index in [9.17, 15) is 14.4 Å². The number of halogens is 2. The molecule has 0 aromatic heterocycles. The van der Waals surface area contributed by atoms with Crippen molar-refractivity contribution in [1.82, 2.24) is 21.6 Å². The first-order valence-corrected chi connectivity index (χ1v) is 20.0. The number of hydroxylamine groups is 2. The highest BCUT2D eigenvalue weighted by atomic mass is 79.9. The largest absolute Gasteiger partial charge is 0.547 e. The summed E-state index contributed by atoms with van der Waals surface area (Å²) < 4.78 is 12.3. The topological polar surface area (TPSA) is 136 Å². The molecule has 2 aromatic rings. The number of hydrogen-bond donors (Lipinski definition) is 4. The highest BCUT2D eigenvalue weighted by Gasteiger charge is 2.28. The fourth-order valence-corrected chi connectivity index (χ4v) is 6.93. The maximum atomic E-state index is 13.4. The lowest BCUT2D eigenvalue weighted by Crippen LogP contribution is -2.47. The van der Waals surface area contributed by atoms with Crippen molar-refractivity contribution in [2.24, 2.45) is 0 Å². The zero-order valence-corrected chi connectivity index (χ0v) is 35.7. The molecule has 0 aliphatic carbocycles. The van der Waals surface area contributed by atoms with Crippen LogP contribution in [0.1, 0.15) is 140 Å². The molecule has 2 amide bonds. The number of alkyl halides is 2. The molecule has 0 aliphatic heterocycles. The normalized spacial score (nSPS) is 14.1. The van der Waals surface area contributed by atoms with Crippen LogP contribution in [0.2, 0.25) is 0 Å². The molecule has 0 heterocycles. The van der Waals surface area contributed by atoms with E-state index in [0.29, 0.717) is 45.5 Å². The Morgan fingerprint density at radius 2 is 1.00 bits per heavy atom. The number of hydrogen-bond acceptors (Lipinski definition) is 9. The van der Waals surface area contributed by atoms with E-state index >= 15 is 0 Å². The Morgan fingerprint density at radius 3 is 1.33 bits per heavy atom. The molecule has 2 aromatic carbocycles. The lowest BCUT2D eigenvalue weighted by Gasteiger charge is -2.27. The minimum Gasteiger partial charge on any atom is -0.493 e. The molecular formula is C39H60Br2N4O7. The van der Waals surface area contributed by atoms with E-state index in [1.807, 2.05) is 53.7 Å². The van der Waals surface area contributed by atoms with Crippen LogP contribution in [0.15, 0.2) is 36.4 Å². The molecule has 0 saturated carbocycles. The molecule has 2 rings (SSSR count). The summed E-state index contributed by atoms with van der Waals surface area (Å²) in [5.41, 5.74) is 6.68. The Labute approximate surface area is 327 Å². The minimum atomic E-state index is -1.11. The Bertz CT molecular complexity index is 1340. The van der Waals surface area contributed by atoms with E-state index in [1.165, 1.54) is 0 Å². The van der Waals surface area contributed by atoms with E-state index in [4.69, 9.17) is 19.1 Å². The highest BCUT2D eigenvalue weighted by molar-refractivity contribution is 9.09. The van der Waals surface area contributed by atoms with Gasteiger partial charge in [-0.3, -0.25) is 9.59 Å². The predicted molar refractivity (Wildman–Crippen MR) is 213 cm³/mol. The quantitative estimate of drug-likeness (QED) is 0.0585. The second-order valence-electron chi connectivity index (χ2n) is 15.0. The lowest BCUT2D eigenvalue weighted by atomic mass is 9.82. The monoisotopic (exact) mass is 854 g/mol. The fraction of sp³-hybridized carbons (Fsp3) is 0.615. The van der Waals surface area contributed by atoms with Gasteiger partial charge in [0.05, 0.1) is 13.2 Å². The molecule has 292 valence electrons. The van der Waals surface area contributed by atoms with E-state index in [1.54, 1.807) is 38.1 Å². The van der Waals surface area contributed by atoms with Crippen LogP contribution in [0.3, 0.4) is 0 Å². The first-order chi connectivity index (χ1) is 24.4. The summed E-state index contributed by atoms with van der Waals surface area (Å²) in [5, 5.41) is 5.60. The third-order valence-corrected chi connectivity index (χ3v) is 9.79. The third kappa shape index (κ3) is 15.2. The van der Waals surface area contributed by atoms with Gasteiger partial charge < -0.3 is 29.8 Å². The van der Waals surface area contributed by atoms with Gasteiger partial charge in [0, 0.05) is 31.9 Å². The Hall–Kier alpha value is -2.87. The van der Waals surface area contributed by atoms with Gasteiger partial charge >= 0.3 is 6.16 Å². The summed E-state index contributed by atoms with van der Waals surface area (Å²) in [7, 11) is 0. The van der Waals surface area contributed by atoms with Crippen molar-refractivity contribution in [2.45, 2.75) is 141 Å². The van der Waals surface area contributed by atoms with Crippen LogP contribution in [-0.4, -0.2) is 53.2 Å². The number of carbonyl (C=O) groups excluding carboxylic acids is 3. The molecule has 0 bridgehead atoms. The van der Waals surface area contributed by atoms with Crippen LogP contribution < -0.4 is 31.1 Å². The Kier molecular flexibility index (Phi) is 18.9. The molecule has 52 heavy (non-hydrogen) atoms. The molecule has 0 saturated heterocycles. The summed E-state index contributed by atoms with van der Waals surface area (Å²) in [4.78, 5) is 49.9. The van der Waals surface area contributed by atoms with Crippen molar-refractivity contribution in [3.05, 3.63) is 58.7 Å². The predicted octanol–water partition coefficient (Wildman–Crippen LogP) is 8.96. The van der Waals surface area contributed by atoms with E-state index in [2.05, 4.69) is 67.3 Å². The molecule has 0 fully saturated rings. The average molecular weight is 857 g/mol. The minimum absolute atomic E-state index is 0.362. The number of carbonyl (C=O) groups is 3. The standard InChI is InChI=1S/C39H60Br2N4O7/c1-11-15-27(40)21-23-49-31-19-13-17-29(33(31)38(5,6)7)35(46)42-25(3)44-51-37(48)52-45-26(4)43-36(47)30-18-14-20-32(34(30)39(8,9)10)50-24-22-28(41)16-12-2/h13-14,17-20,25-28,44-45H,11-12,15-16,21-24H2,1-10H3,(H,42,46)(H,43,47). The van der Waals surface area contributed by atoms with Crippen LogP contribution in [0, 0.1) is 0 Å². The van der Waals surface area contributed by atoms with Crippen LogP contribution in [0.5, 0.6) is 11.5 Å². The highest BCUT2D eigenvalue weighted by Crippen LogP contribution is 2.36. The van der Waals surface area contributed by atoms with Gasteiger partial charge in [-0.15, -0.1) is 11.0 Å². The SMILES string of the molecule is CCCC(Br)CCOc1cccc(C(=O)NC(C)NOC(=O)ONC(C)NC(=O)c2cccc(OCCC(Br)CCC)c2C(C)(C)C)c1C(C)(C)C. The molecule has 0 radical (unpaired) electrons. The van der Waals surface area contributed by atoms with Crippen molar-refractivity contribution in [1.29, 1.82) is 0 Å². The van der Waals surface area contributed by atoms with Crippen LogP contribution in [0.25, 0.3) is 0 Å². The van der Waals surface area contributed by atoms with E-state index < -0.39 is 18.5 Å². The van der Waals surface area contributed by atoms with Gasteiger partial charge in [0.15, 0.2) is 0 Å². The first-order valence-electron chi connectivity index (χ1n) is 18.2. The summed E-state index contributed by atoms with van der Waals surface area (Å²) in [6.45, 7) is 20.7. The summed E-state index contributed by atoms with van der Waals surface area (Å²) in [5.74, 6) is 0.592. The summed E-state index contributed by atoms with van der Waals surface area (Å²) in [6, 6.07) is 10.8. The van der Waals surface area contributed by atoms with Gasteiger partial charge in [-0.1, -0.05) is 112 Å². The number of rotatable bonds is 20. The van der Waals surface area contributed by atoms with Crippen molar-refractivity contribution >= 4 is 49.8 Å². The summed E-state index contributed by atoms with van der Waals surface area (Å²) >= 11 is 7.39. The van der Waals surface area contributed by atoms with Crippen molar-refractivity contribution in [3.63, 3.8) is 0 Å². The molecule has 4 N–H and O–H groups in total. The second-order valence-corrected chi connectivity index (χ2v) is 17.6. The van der Waals surface area contributed by atoms with Gasteiger partial charge in [-0.2, -0.15) is 4.79 Å². The van der Waals surface area contributed by atoms with Crippen LogP contribution in [-0.2, 0) is 20.5 Å². The van der Waals surface area contributed by atoms with Crippen LogP contribution >= 0.6 is 31.9 Å². The number of ether oxygens (including phenoxy) is 2. The lowest BCUT2D eigenvalue weighted by molar-refractivity contribution is -0.0340. The molecule has 13 heteroatoms. The molecule has 11 nitrogen and oxygen atoms in total. The Morgan fingerprint density at radius 1 is 0.635 bits per heavy atom. The number of nitrogens with one attached hydrogen (secondary N) is 4. The molecule has 4 unspecified atom stereocenters. The maximum Gasteiger partial charge on any atom is 0.547 e. The second kappa shape index (κ2) is 21.7. The van der Waals surface area contributed by atoms with Gasteiger partial charge in [-0.05, 0) is 74.6 Å². The molecule has 0 spiro atoms. The van der Waals surface area contributed by atoms with Gasteiger partial charge in [0.1, 0.15) is 23.8 Å². The molecule has 0 aliphatic rings. The smallest absolute Gasteiger partial charge is 0.493 e. The van der Waals surface area contributed by atoms with Crippen molar-refractivity contribution < 1.29 is 33.5 Å². The Balaban J connectivity index is 1.94. The third-order valence-electron chi connectivity index (χ3n) is 7.96. The van der Waals surface area contributed by atoms with E-state index in [0.717, 1.165) is 49.7 Å². The van der Waals surface area contributed by atoms with Crippen molar-refractivity contribution in [2.75, 3.05) is 13.2 Å². The fourth-order valence-electron chi connectivity index (χ4n) is 5.64. The van der Waals surface area contributed by atoms with Gasteiger partial charge in [0.2, 0.25) is 0 Å².